The largest absolute Gasteiger partial charge is 0.504 e. The van der Waals surface area contributed by atoms with E-state index in [1.54, 1.807) is 17.0 Å². The Balaban J connectivity index is 1.59. The quantitative estimate of drug-likeness (QED) is 0.565. The molecule has 0 unspecified atom stereocenters. The van der Waals surface area contributed by atoms with Crippen molar-refractivity contribution in [2.75, 3.05) is 13.1 Å². The fourth-order valence-electron chi connectivity index (χ4n) is 3.06. The van der Waals surface area contributed by atoms with E-state index in [0.717, 1.165) is 12.1 Å². The first kappa shape index (κ1) is 20.1. The van der Waals surface area contributed by atoms with E-state index in [0.29, 0.717) is 41.5 Å². The van der Waals surface area contributed by atoms with Crippen LogP contribution in [0.2, 0.25) is 10.0 Å². The molecule has 28 heavy (non-hydrogen) atoms. The molecule has 2 amide bonds. The molecule has 7 nitrogen and oxygen atoms in total. The number of hydrogen-bond donors (Lipinski definition) is 4. The molecule has 9 heteroatoms. The number of benzene rings is 2. The zero-order valence-electron chi connectivity index (χ0n) is 14.7. The van der Waals surface area contributed by atoms with Crippen LogP contribution >= 0.6 is 23.2 Å². The summed E-state index contributed by atoms with van der Waals surface area (Å²) in [5, 5.41) is 32.0. The molecular formula is C19H18Cl2N2O5. The maximum Gasteiger partial charge on any atom is 0.255 e. The zero-order valence-corrected chi connectivity index (χ0v) is 16.2. The lowest BCUT2D eigenvalue weighted by Gasteiger charge is -2.32. The first-order chi connectivity index (χ1) is 13.3. The number of carbonyl (C=O) groups excluding carboxylic acids is 2. The van der Waals surface area contributed by atoms with Gasteiger partial charge in [-0.2, -0.15) is 0 Å². The molecule has 148 valence electrons. The van der Waals surface area contributed by atoms with Crippen molar-refractivity contribution in [1.29, 1.82) is 0 Å². The summed E-state index contributed by atoms with van der Waals surface area (Å²) < 4.78 is 0. The molecule has 1 fully saturated rings. The number of likely N-dealkylation sites (tertiary alicyclic amines) is 1. The highest BCUT2D eigenvalue weighted by atomic mass is 35.5. The van der Waals surface area contributed by atoms with Gasteiger partial charge in [0, 0.05) is 29.7 Å². The molecule has 0 radical (unpaired) electrons. The minimum absolute atomic E-state index is 0.0271. The van der Waals surface area contributed by atoms with Crippen molar-refractivity contribution < 1.29 is 24.9 Å². The van der Waals surface area contributed by atoms with E-state index in [1.165, 1.54) is 6.07 Å². The Kier molecular flexibility index (Phi) is 5.86. The number of carbonyl (C=O) groups is 2. The molecule has 2 aromatic rings. The number of hydrogen-bond acceptors (Lipinski definition) is 5. The van der Waals surface area contributed by atoms with E-state index in [2.05, 4.69) is 5.32 Å². The summed E-state index contributed by atoms with van der Waals surface area (Å²) in [6, 6.07) is 6.69. The highest BCUT2D eigenvalue weighted by molar-refractivity contribution is 6.36. The third kappa shape index (κ3) is 4.26. The minimum Gasteiger partial charge on any atom is -0.504 e. The standard InChI is InChI=1S/C19H18Cl2N2O5/c20-11-1-2-13(14(21)9-11)19(28)23-5-3-12(4-6-23)22-18(27)10-7-15(24)17(26)16(25)8-10/h1-2,7-9,12,24-26H,3-6H2,(H,22,27). The monoisotopic (exact) mass is 424 g/mol. The molecule has 2 aromatic carbocycles. The highest BCUT2D eigenvalue weighted by Gasteiger charge is 2.26. The summed E-state index contributed by atoms with van der Waals surface area (Å²) in [5.74, 6) is -2.52. The highest BCUT2D eigenvalue weighted by Crippen LogP contribution is 2.35. The molecule has 0 spiro atoms. The molecule has 4 N–H and O–H groups in total. The van der Waals surface area contributed by atoms with Crippen molar-refractivity contribution in [1.82, 2.24) is 10.2 Å². The second-order valence-corrected chi connectivity index (χ2v) is 7.37. The first-order valence-corrected chi connectivity index (χ1v) is 9.32. The molecule has 1 aliphatic heterocycles. The van der Waals surface area contributed by atoms with E-state index in [4.69, 9.17) is 23.2 Å². The number of piperidine rings is 1. The third-order valence-electron chi connectivity index (χ3n) is 4.61. The smallest absolute Gasteiger partial charge is 0.255 e. The van der Waals surface area contributed by atoms with E-state index in [9.17, 15) is 24.9 Å². The van der Waals surface area contributed by atoms with E-state index >= 15 is 0 Å². The summed E-state index contributed by atoms with van der Waals surface area (Å²) in [7, 11) is 0. The topological polar surface area (TPSA) is 110 Å². The summed E-state index contributed by atoms with van der Waals surface area (Å²) in [5.41, 5.74) is 0.405. The van der Waals surface area contributed by atoms with Gasteiger partial charge in [-0.05, 0) is 43.2 Å². The molecule has 1 heterocycles. The Hall–Kier alpha value is -2.64. The average molecular weight is 425 g/mol. The summed E-state index contributed by atoms with van der Waals surface area (Å²) in [6.45, 7) is 0.879. The molecule has 0 atom stereocenters. The van der Waals surface area contributed by atoms with Crippen LogP contribution in [-0.2, 0) is 0 Å². The number of phenols is 3. The van der Waals surface area contributed by atoms with Crippen LogP contribution in [0.4, 0.5) is 0 Å². The molecule has 1 saturated heterocycles. The second kappa shape index (κ2) is 8.16. The van der Waals surface area contributed by atoms with Crippen LogP contribution < -0.4 is 5.32 Å². The summed E-state index contributed by atoms with van der Waals surface area (Å²) >= 11 is 12.0. The normalized spacial score (nSPS) is 14.7. The van der Waals surface area contributed by atoms with Gasteiger partial charge in [-0.3, -0.25) is 9.59 Å². The number of nitrogens with one attached hydrogen (secondary N) is 1. The van der Waals surface area contributed by atoms with Gasteiger partial charge >= 0.3 is 0 Å². The predicted molar refractivity (Wildman–Crippen MR) is 104 cm³/mol. The zero-order chi connectivity index (χ0) is 20.4. The van der Waals surface area contributed by atoms with E-state index < -0.39 is 23.2 Å². The lowest BCUT2D eigenvalue weighted by atomic mass is 10.0. The number of rotatable bonds is 3. The maximum atomic E-state index is 12.6. The summed E-state index contributed by atoms with van der Waals surface area (Å²) in [6.07, 6.45) is 1.08. The molecule has 0 bridgehead atoms. The van der Waals surface area contributed by atoms with Crippen LogP contribution in [0.25, 0.3) is 0 Å². The maximum absolute atomic E-state index is 12.6. The van der Waals surface area contributed by atoms with Crippen LogP contribution in [0.1, 0.15) is 33.6 Å². The Morgan fingerprint density at radius 1 is 1.00 bits per heavy atom. The van der Waals surface area contributed by atoms with Crippen molar-refractivity contribution in [2.24, 2.45) is 0 Å². The fourth-order valence-corrected chi connectivity index (χ4v) is 3.55. The van der Waals surface area contributed by atoms with Crippen LogP contribution in [0.15, 0.2) is 30.3 Å². The number of amides is 2. The fraction of sp³-hybridized carbons (Fsp3) is 0.263. The predicted octanol–water partition coefficient (Wildman–Crippen LogP) is 3.14. The van der Waals surface area contributed by atoms with Crippen LogP contribution in [-0.4, -0.2) is 51.2 Å². The number of halogens is 2. The van der Waals surface area contributed by atoms with Gasteiger partial charge in [-0.15, -0.1) is 0 Å². The molecule has 1 aliphatic rings. The molecule has 0 saturated carbocycles. The third-order valence-corrected chi connectivity index (χ3v) is 5.16. The first-order valence-electron chi connectivity index (χ1n) is 8.56. The van der Waals surface area contributed by atoms with Gasteiger partial charge in [0.1, 0.15) is 0 Å². The Labute approximate surface area is 171 Å². The Morgan fingerprint density at radius 2 is 1.61 bits per heavy atom. The Bertz CT molecular complexity index is 904. The number of nitrogens with zero attached hydrogens (tertiary/aromatic N) is 1. The molecular weight excluding hydrogens is 407 g/mol. The van der Waals surface area contributed by atoms with Crippen molar-refractivity contribution in [2.45, 2.75) is 18.9 Å². The van der Waals surface area contributed by atoms with Crippen molar-refractivity contribution in [3.8, 4) is 17.2 Å². The molecule has 0 aliphatic carbocycles. The van der Waals surface area contributed by atoms with Crippen LogP contribution in [0.5, 0.6) is 17.2 Å². The van der Waals surface area contributed by atoms with Crippen LogP contribution in [0, 0.1) is 0 Å². The SMILES string of the molecule is O=C(NC1CCN(C(=O)c2ccc(Cl)cc2Cl)CC1)c1cc(O)c(O)c(O)c1. The number of phenolic OH excluding ortho intramolecular Hbond substituents is 3. The second-order valence-electron chi connectivity index (χ2n) is 6.53. The summed E-state index contributed by atoms with van der Waals surface area (Å²) in [4.78, 5) is 26.6. The van der Waals surface area contributed by atoms with Crippen molar-refractivity contribution in [3.63, 3.8) is 0 Å². The van der Waals surface area contributed by atoms with Crippen molar-refractivity contribution >= 4 is 35.0 Å². The van der Waals surface area contributed by atoms with Gasteiger partial charge in [-0.25, -0.2) is 0 Å². The van der Waals surface area contributed by atoms with Gasteiger partial charge in [0.25, 0.3) is 11.8 Å². The Morgan fingerprint density at radius 3 is 2.18 bits per heavy atom. The van der Waals surface area contributed by atoms with Gasteiger partial charge < -0.3 is 25.5 Å². The number of aromatic hydroxyl groups is 3. The van der Waals surface area contributed by atoms with Crippen LogP contribution in [0.3, 0.4) is 0 Å². The molecule has 0 aromatic heterocycles. The minimum atomic E-state index is -0.677. The lowest BCUT2D eigenvalue weighted by molar-refractivity contribution is 0.0698. The van der Waals surface area contributed by atoms with E-state index in [-0.39, 0.29) is 17.5 Å². The van der Waals surface area contributed by atoms with Gasteiger partial charge in [0.2, 0.25) is 0 Å². The average Bonchev–Trinajstić information content (AvgIpc) is 2.65. The van der Waals surface area contributed by atoms with Crippen molar-refractivity contribution in [3.05, 3.63) is 51.5 Å². The lowest BCUT2D eigenvalue weighted by Crippen LogP contribution is -2.46. The van der Waals surface area contributed by atoms with Gasteiger partial charge in [-0.1, -0.05) is 23.2 Å². The van der Waals surface area contributed by atoms with Gasteiger partial charge in [0.05, 0.1) is 10.6 Å². The van der Waals surface area contributed by atoms with E-state index in [1.807, 2.05) is 0 Å². The molecule has 3 rings (SSSR count). The van der Waals surface area contributed by atoms with Gasteiger partial charge in [0.15, 0.2) is 17.2 Å².